The first-order valence-electron chi connectivity index (χ1n) is 8.77. The minimum atomic E-state index is 0.163. The first-order chi connectivity index (χ1) is 11.5. The molecule has 0 spiro atoms. The van der Waals surface area contributed by atoms with Gasteiger partial charge in [0.1, 0.15) is 0 Å². The van der Waals surface area contributed by atoms with Crippen molar-refractivity contribution in [2.75, 3.05) is 33.2 Å². The number of piperidine rings is 1. The van der Waals surface area contributed by atoms with Gasteiger partial charge in [-0.25, -0.2) is 0 Å². The number of H-pyrrole nitrogens is 1. The summed E-state index contributed by atoms with van der Waals surface area (Å²) in [5.41, 5.74) is 3.14. The van der Waals surface area contributed by atoms with Crippen molar-refractivity contribution in [1.82, 2.24) is 14.8 Å². The van der Waals surface area contributed by atoms with Gasteiger partial charge < -0.3 is 14.8 Å². The molecular weight excluding hydrogens is 322 g/mol. The van der Waals surface area contributed by atoms with Gasteiger partial charge in [0.15, 0.2) is 0 Å². The van der Waals surface area contributed by atoms with Gasteiger partial charge in [0.05, 0.1) is 6.42 Å². The first-order valence-corrected chi connectivity index (χ1v) is 9.15. The van der Waals surface area contributed by atoms with Crippen LogP contribution in [0.15, 0.2) is 18.2 Å². The van der Waals surface area contributed by atoms with Crippen LogP contribution in [-0.4, -0.2) is 53.9 Å². The average Bonchev–Trinajstić information content (AvgIpc) is 2.89. The number of aromatic amines is 1. The minimum absolute atomic E-state index is 0.163. The summed E-state index contributed by atoms with van der Waals surface area (Å²) in [6, 6.07) is 5.78. The van der Waals surface area contributed by atoms with Crippen LogP contribution in [0, 0.1) is 6.92 Å². The summed E-state index contributed by atoms with van der Waals surface area (Å²) in [5, 5.41) is 1.76. The molecule has 1 saturated heterocycles. The van der Waals surface area contributed by atoms with Crippen molar-refractivity contribution in [2.24, 2.45) is 0 Å². The van der Waals surface area contributed by atoms with E-state index in [0.29, 0.717) is 11.4 Å². The molecule has 0 radical (unpaired) electrons. The van der Waals surface area contributed by atoms with Crippen molar-refractivity contribution < 1.29 is 4.79 Å². The number of aromatic nitrogens is 1. The Bertz CT molecular complexity index is 719. The van der Waals surface area contributed by atoms with Gasteiger partial charge in [0.25, 0.3) is 0 Å². The van der Waals surface area contributed by atoms with Gasteiger partial charge in [0, 0.05) is 41.8 Å². The van der Waals surface area contributed by atoms with Crippen LogP contribution >= 0.6 is 11.6 Å². The summed E-state index contributed by atoms with van der Waals surface area (Å²) in [5.74, 6) is 0.163. The van der Waals surface area contributed by atoms with E-state index in [0.717, 1.165) is 35.2 Å². The molecule has 0 bridgehead atoms. The Balaban J connectivity index is 1.63. The minimum Gasteiger partial charge on any atom is -0.358 e. The Hall–Kier alpha value is -1.52. The maximum Gasteiger partial charge on any atom is 0.226 e. The second-order valence-electron chi connectivity index (χ2n) is 6.81. The molecule has 1 N–H and O–H groups in total. The number of likely N-dealkylation sites (N-methyl/N-ethyl adjacent to an activating group) is 1. The van der Waals surface area contributed by atoms with Gasteiger partial charge in [-0.05, 0) is 56.6 Å². The van der Waals surface area contributed by atoms with Crippen molar-refractivity contribution in [1.29, 1.82) is 0 Å². The van der Waals surface area contributed by atoms with Crippen LogP contribution in [0.4, 0.5) is 0 Å². The van der Waals surface area contributed by atoms with E-state index in [2.05, 4.69) is 9.88 Å². The van der Waals surface area contributed by atoms with Crippen LogP contribution in [0.1, 0.15) is 30.5 Å². The number of hydrogen-bond acceptors (Lipinski definition) is 2. The van der Waals surface area contributed by atoms with Crippen molar-refractivity contribution in [3.63, 3.8) is 0 Å². The van der Waals surface area contributed by atoms with Crippen LogP contribution in [0.25, 0.3) is 10.9 Å². The first kappa shape index (κ1) is 17.3. The summed E-state index contributed by atoms with van der Waals surface area (Å²) in [6.45, 7) is 6.12. The Morgan fingerprint density at radius 3 is 2.79 bits per heavy atom. The molecule has 24 heavy (non-hydrogen) atoms. The average molecular weight is 348 g/mol. The normalized spacial score (nSPS) is 15.8. The zero-order chi connectivity index (χ0) is 17.1. The zero-order valence-corrected chi connectivity index (χ0v) is 15.3. The molecule has 0 unspecified atom stereocenters. The van der Waals surface area contributed by atoms with Crippen LogP contribution < -0.4 is 0 Å². The maximum atomic E-state index is 12.6. The lowest BCUT2D eigenvalue weighted by Crippen LogP contribution is -2.39. The fourth-order valence-electron chi connectivity index (χ4n) is 3.47. The Labute approximate surface area is 148 Å². The van der Waals surface area contributed by atoms with Gasteiger partial charge in [-0.2, -0.15) is 0 Å². The molecule has 0 atom stereocenters. The number of amides is 1. The second-order valence-corrected chi connectivity index (χ2v) is 7.25. The van der Waals surface area contributed by atoms with E-state index >= 15 is 0 Å². The number of carbonyl (C=O) groups excluding carboxylic acids is 1. The second kappa shape index (κ2) is 7.58. The zero-order valence-electron chi connectivity index (χ0n) is 14.6. The lowest BCUT2D eigenvalue weighted by molar-refractivity contribution is -0.129. The molecule has 4 nitrogen and oxygen atoms in total. The number of hydrogen-bond donors (Lipinski definition) is 1. The molecule has 5 heteroatoms. The number of rotatable bonds is 5. The summed E-state index contributed by atoms with van der Waals surface area (Å²) in [6.07, 6.45) is 4.33. The van der Waals surface area contributed by atoms with Crippen LogP contribution in [-0.2, 0) is 11.2 Å². The van der Waals surface area contributed by atoms with Gasteiger partial charge in [-0.1, -0.05) is 18.0 Å². The third kappa shape index (κ3) is 3.93. The van der Waals surface area contributed by atoms with E-state index in [1.165, 1.54) is 32.4 Å². The number of fused-ring (bicyclic) bond motifs is 1. The Morgan fingerprint density at radius 1 is 1.29 bits per heavy atom. The molecule has 0 saturated carbocycles. The van der Waals surface area contributed by atoms with Crippen LogP contribution in [0.2, 0.25) is 5.02 Å². The maximum absolute atomic E-state index is 12.6. The highest BCUT2D eigenvalue weighted by atomic mass is 35.5. The van der Waals surface area contributed by atoms with E-state index in [1.807, 2.05) is 37.1 Å². The number of halogens is 1. The van der Waals surface area contributed by atoms with Gasteiger partial charge >= 0.3 is 0 Å². The number of likely N-dealkylation sites (tertiary alicyclic amines) is 1. The van der Waals surface area contributed by atoms with Gasteiger partial charge in [-0.15, -0.1) is 0 Å². The lowest BCUT2D eigenvalue weighted by Gasteiger charge is -2.28. The molecule has 0 aliphatic carbocycles. The van der Waals surface area contributed by atoms with Crippen molar-refractivity contribution >= 4 is 28.4 Å². The fraction of sp³-hybridized carbons (Fsp3) is 0.526. The van der Waals surface area contributed by atoms with Crippen LogP contribution in [0.5, 0.6) is 0 Å². The quantitative estimate of drug-likeness (QED) is 0.897. The monoisotopic (exact) mass is 347 g/mol. The number of benzene rings is 1. The third-order valence-corrected chi connectivity index (χ3v) is 5.27. The highest BCUT2D eigenvalue weighted by Gasteiger charge is 2.17. The molecule has 3 rings (SSSR count). The summed E-state index contributed by atoms with van der Waals surface area (Å²) >= 11 is 6.12. The third-order valence-electron chi connectivity index (χ3n) is 5.04. The fourth-order valence-corrected chi connectivity index (χ4v) is 3.64. The standard InChI is InChI=1S/C19H26ClN3O/c1-14-16(17-12-15(20)6-7-18(17)21-14)13-19(24)22(2)10-11-23-8-4-3-5-9-23/h6-7,12,21H,3-5,8-11,13H2,1-2H3. The van der Waals surface area contributed by atoms with E-state index in [4.69, 9.17) is 11.6 Å². The molecule has 2 aromatic rings. The van der Waals surface area contributed by atoms with E-state index in [-0.39, 0.29) is 5.91 Å². The van der Waals surface area contributed by atoms with Crippen LogP contribution in [0.3, 0.4) is 0 Å². The Kier molecular flexibility index (Phi) is 5.47. The predicted molar refractivity (Wildman–Crippen MR) is 99.7 cm³/mol. The van der Waals surface area contributed by atoms with Crippen molar-refractivity contribution in [2.45, 2.75) is 32.6 Å². The van der Waals surface area contributed by atoms with Crippen molar-refractivity contribution in [3.8, 4) is 0 Å². The molecule has 1 aliphatic heterocycles. The topological polar surface area (TPSA) is 39.3 Å². The van der Waals surface area contributed by atoms with E-state index < -0.39 is 0 Å². The summed E-state index contributed by atoms with van der Waals surface area (Å²) in [4.78, 5) is 20.3. The summed E-state index contributed by atoms with van der Waals surface area (Å²) < 4.78 is 0. The highest BCUT2D eigenvalue weighted by Crippen LogP contribution is 2.26. The smallest absolute Gasteiger partial charge is 0.226 e. The molecule has 1 aliphatic rings. The number of nitrogens with one attached hydrogen (secondary N) is 1. The van der Waals surface area contributed by atoms with E-state index in [1.54, 1.807) is 0 Å². The molecule has 1 fully saturated rings. The highest BCUT2D eigenvalue weighted by molar-refractivity contribution is 6.31. The number of aryl methyl sites for hydroxylation is 1. The lowest BCUT2D eigenvalue weighted by atomic mass is 10.1. The Morgan fingerprint density at radius 2 is 2.04 bits per heavy atom. The molecule has 1 amide bonds. The summed E-state index contributed by atoms with van der Waals surface area (Å²) in [7, 11) is 1.91. The molecule has 1 aromatic carbocycles. The van der Waals surface area contributed by atoms with E-state index in [9.17, 15) is 4.79 Å². The molecular formula is C19H26ClN3O. The van der Waals surface area contributed by atoms with Gasteiger partial charge in [-0.3, -0.25) is 4.79 Å². The predicted octanol–water partition coefficient (Wildman–Crippen LogP) is 3.62. The molecule has 2 heterocycles. The molecule has 130 valence electrons. The molecule has 1 aromatic heterocycles. The SMILES string of the molecule is Cc1[nH]c2ccc(Cl)cc2c1CC(=O)N(C)CCN1CCCCC1. The number of carbonyl (C=O) groups is 1. The van der Waals surface area contributed by atoms with Gasteiger partial charge in [0.2, 0.25) is 5.91 Å². The van der Waals surface area contributed by atoms with Crippen molar-refractivity contribution in [3.05, 3.63) is 34.5 Å². The largest absolute Gasteiger partial charge is 0.358 e. The number of nitrogens with zero attached hydrogens (tertiary/aromatic N) is 2.